The van der Waals surface area contributed by atoms with E-state index in [-0.39, 0.29) is 0 Å². The summed E-state index contributed by atoms with van der Waals surface area (Å²) >= 11 is 10.2. The number of rotatable bonds is 3. The van der Waals surface area contributed by atoms with Crippen molar-refractivity contribution in [3.8, 4) is 0 Å². The maximum absolute atomic E-state index is 10.2. The van der Waals surface area contributed by atoms with Crippen molar-refractivity contribution in [2.24, 2.45) is 0 Å². The minimum Gasteiger partial charge on any atom is -0.388 e. The van der Waals surface area contributed by atoms with Gasteiger partial charge in [-0.2, -0.15) is 0 Å². The molecule has 1 atom stereocenters. The molecule has 0 spiro atoms. The standard InChI is InChI=1S/C13H10Br3NO/c14-9-2-3-10(17-7-9)6-13(18)8-1-4-11(15)12(16)5-8/h1-5,7,13,18H,6H2. The predicted molar refractivity (Wildman–Crippen MR) is 82.4 cm³/mol. The van der Waals surface area contributed by atoms with Crippen molar-refractivity contribution in [1.29, 1.82) is 0 Å². The van der Waals surface area contributed by atoms with Crippen molar-refractivity contribution in [2.45, 2.75) is 12.5 Å². The highest BCUT2D eigenvalue weighted by Crippen LogP contribution is 2.27. The Morgan fingerprint density at radius 1 is 1.06 bits per heavy atom. The molecular weight excluding hydrogens is 426 g/mol. The fraction of sp³-hybridized carbons (Fsp3) is 0.154. The number of benzene rings is 1. The van der Waals surface area contributed by atoms with E-state index in [9.17, 15) is 5.11 Å². The number of aliphatic hydroxyl groups is 1. The zero-order valence-corrected chi connectivity index (χ0v) is 14.0. The van der Waals surface area contributed by atoms with Gasteiger partial charge in [-0.15, -0.1) is 0 Å². The van der Waals surface area contributed by atoms with E-state index in [2.05, 4.69) is 52.8 Å². The molecule has 0 aliphatic rings. The van der Waals surface area contributed by atoms with Gasteiger partial charge in [0, 0.05) is 31.7 Å². The van der Waals surface area contributed by atoms with Crippen LogP contribution in [0.25, 0.3) is 0 Å². The Hall–Kier alpha value is -0.230. The van der Waals surface area contributed by atoms with Crippen molar-refractivity contribution in [3.63, 3.8) is 0 Å². The fourth-order valence-electron chi connectivity index (χ4n) is 1.56. The van der Waals surface area contributed by atoms with Crippen LogP contribution in [0.2, 0.25) is 0 Å². The van der Waals surface area contributed by atoms with Crippen LogP contribution in [-0.4, -0.2) is 10.1 Å². The van der Waals surface area contributed by atoms with E-state index in [0.717, 1.165) is 24.7 Å². The van der Waals surface area contributed by atoms with E-state index in [4.69, 9.17) is 0 Å². The lowest BCUT2D eigenvalue weighted by Gasteiger charge is -2.11. The van der Waals surface area contributed by atoms with Crippen molar-refractivity contribution in [1.82, 2.24) is 4.98 Å². The highest BCUT2D eigenvalue weighted by molar-refractivity contribution is 9.13. The largest absolute Gasteiger partial charge is 0.388 e. The number of aliphatic hydroxyl groups excluding tert-OH is 1. The Morgan fingerprint density at radius 2 is 1.83 bits per heavy atom. The Bertz CT molecular complexity index is 542. The van der Waals surface area contributed by atoms with E-state index >= 15 is 0 Å². The maximum atomic E-state index is 10.2. The summed E-state index contributed by atoms with van der Waals surface area (Å²) in [6.07, 6.45) is 1.68. The molecule has 0 bridgehead atoms. The van der Waals surface area contributed by atoms with Gasteiger partial charge in [0.1, 0.15) is 0 Å². The van der Waals surface area contributed by atoms with Gasteiger partial charge in [-0.25, -0.2) is 0 Å². The number of hydrogen-bond acceptors (Lipinski definition) is 2. The van der Waals surface area contributed by atoms with Crippen LogP contribution >= 0.6 is 47.8 Å². The first-order valence-electron chi connectivity index (χ1n) is 5.29. The molecule has 1 heterocycles. The monoisotopic (exact) mass is 433 g/mol. The van der Waals surface area contributed by atoms with Gasteiger partial charge in [0.25, 0.3) is 0 Å². The van der Waals surface area contributed by atoms with Crippen LogP contribution in [0.3, 0.4) is 0 Å². The van der Waals surface area contributed by atoms with Gasteiger partial charge in [-0.3, -0.25) is 4.98 Å². The number of pyridine rings is 1. The Morgan fingerprint density at radius 3 is 2.44 bits per heavy atom. The van der Waals surface area contributed by atoms with Gasteiger partial charge in [0.2, 0.25) is 0 Å². The normalized spacial score (nSPS) is 12.4. The van der Waals surface area contributed by atoms with Gasteiger partial charge in [0.15, 0.2) is 0 Å². The summed E-state index contributed by atoms with van der Waals surface area (Å²) in [4.78, 5) is 4.26. The average molecular weight is 436 g/mol. The smallest absolute Gasteiger partial charge is 0.0845 e. The van der Waals surface area contributed by atoms with Crippen LogP contribution in [0, 0.1) is 0 Å². The van der Waals surface area contributed by atoms with E-state index < -0.39 is 6.10 Å². The van der Waals surface area contributed by atoms with E-state index in [1.165, 1.54) is 0 Å². The fourth-order valence-corrected chi connectivity index (χ4v) is 2.44. The molecule has 0 saturated heterocycles. The second kappa shape index (κ2) is 6.28. The Balaban J connectivity index is 2.13. The Labute approximate surface area is 131 Å². The zero-order valence-electron chi connectivity index (χ0n) is 9.28. The third-order valence-corrected chi connectivity index (χ3v) is 4.87. The second-order valence-corrected chi connectivity index (χ2v) is 6.49. The molecule has 2 aromatic rings. The molecule has 0 aliphatic heterocycles. The first kappa shape index (κ1) is 14.2. The quantitative estimate of drug-likeness (QED) is 0.761. The van der Waals surface area contributed by atoms with Crippen molar-refractivity contribution in [3.05, 3.63) is 61.2 Å². The lowest BCUT2D eigenvalue weighted by Crippen LogP contribution is -2.03. The van der Waals surface area contributed by atoms with Gasteiger partial charge in [-0.1, -0.05) is 6.07 Å². The van der Waals surface area contributed by atoms with Crippen LogP contribution in [0.4, 0.5) is 0 Å². The van der Waals surface area contributed by atoms with Crippen LogP contribution in [0.15, 0.2) is 49.9 Å². The van der Waals surface area contributed by atoms with E-state index in [0.29, 0.717) is 6.42 Å². The third kappa shape index (κ3) is 3.63. The maximum Gasteiger partial charge on any atom is 0.0845 e. The van der Waals surface area contributed by atoms with Crippen molar-refractivity contribution in [2.75, 3.05) is 0 Å². The topological polar surface area (TPSA) is 33.1 Å². The second-order valence-electron chi connectivity index (χ2n) is 3.86. The molecule has 0 aliphatic carbocycles. The SMILES string of the molecule is OC(Cc1ccc(Br)cn1)c1ccc(Br)c(Br)c1. The average Bonchev–Trinajstić information content (AvgIpc) is 2.35. The molecule has 1 N–H and O–H groups in total. The molecule has 0 saturated carbocycles. The zero-order chi connectivity index (χ0) is 13.1. The highest BCUT2D eigenvalue weighted by atomic mass is 79.9. The minimum atomic E-state index is -0.553. The van der Waals surface area contributed by atoms with Gasteiger partial charge < -0.3 is 5.11 Å². The number of halogens is 3. The number of nitrogens with zero attached hydrogens (tertiary/aromatic N) is 1. The number of aromatic nitrogens is 1. The van der Waals surface area contributed by atoms with Crippen LogP contribution < -0.4 is 0 Å². The summed E-state index contributed by atoms with van der Waals surface area (Å²) in [6.45, 7) is 0. The molecule has 5 heteroatoms. The Kier molecular flexibility index (Phi) is 4.95. The summed E-state index contributed by atoms with van der Waals surface area (Å²) < 4.78 is 2.84. The summed E-state index contributed by atoms with van der Waals surface area (Å²) in [5.41, 5.74) is 1.74. The van der Waals surface area contributed by atoms with Crippen LogP contribution in [0.1, 0.15) is 17.4 Å². The summed E-state index contributed by atoms with van der Waals surface area (Å²) in [7, 11) is 0. The van der Waals surface area contributed by atoms with Gasteiger partial charge in [-0.05, 0) is 77.6 Å². The lowest BCUT2D eigenvalue weighted by atomic mass is 10.0. The van der Waals surface area contributed by atoms with E-state index in [1.807, 2.05) is 30.3 Å². The van der Waals surface area contributed by atoms with E-state index in [1.54, 1.807) is 6.20 Å². The first-order valence-corrected chi connectivity index (χ1v) is 7.67. The predicted octanol–water partition coefficient (Wildman–Crippen LogP) is 4.65. The van der Waals surface area contributed by atoms with Gasteiger partial charge >= 0.3 is 0 Å². The molecule has 2 nitrogen and oxygen atoms in total. The van der Waals surface area contributed by atoms with Crippen LogP contribution in [0.5, 0.6) is 0 Å². The van der Waals surface area contributed by atoms with Crippen molar-refractivity contribution >= 4 is 47.8 Å². The molecule has 0 radical (unpaired) electrons. The molecule has 2 rings (SSSR count). The molecular formula is C13H10Br3NO. The molecule has 94 valence electrons. The van der Waals surface area contributed by atoms with Crippen LogP contribution in [-0.2, 0) is 6.42 Å². The summed E-state index contributed by atoms with van der Waals surface area (Å²) in [5.74, 6) is 0. The molecule has 18 heavy (non-hydrogen) atoms. The number of hydrogen-bond donors (Lipinski definition) is 1. The third-order valence-electron chi connectivity index (χ3n) is 2.52. The molecule has 1 aromatic heterocycles. The van der Waals surface area contributed by atoms with Crippen molar-refractivity contribution < 1.29 is 5.11 Å². The minimum absolute atomic E-state index is 0.501. The molecule has 0 amide bonds. The summed E-state index contributed by atoms with van der Waals surface area (Å²) in [6, 6.07) is 9.55. The summed E-state index contributed by atoms with van der Waals surface area (Å²) in [5, 5.41) is 10.2. The molecule has 1 unspecified atom stereocenters. The molecule has 1 aromatic carbocycles. The highest BCUT2D eigenvalue weighted by Gasteiger charge is 2.10. The molecule has 0 fully saturated rings. The van der Waals surface area contributed by atoms with Gasteiger partial charge in [0.05, 0.1) is 6.10 Å². The lowest BCUT2D eigenvalue weighted by molar-refractivity contribution is 0.177. The first-order chi connectivity index (χ1) is 8.56.